The Labute approximate surface area is 233 Å². The van der Waals surface area contributed by atoms with Crippen molar-refractivity contribution in [2.75, 3.05) is 24.1 Å². The molecule has 0 radical (unpaired) electrons. The van der Waals surface area contributed by atoms with E-state index >= 15 is 0 Å². The highest BCUT2D eigenvalue weighted by Gasteiger charge is 2.36. The fourth-order valence-corrected chi connectivity index (χ4v) is 7.10. The van der Waals surface area contributed by atoms with Gasteiger partial charge in [0.2, 0.25) is 0 Å². The maximum atomic E-state index is 13.9. The van der Waals surface area contributed by atoms with Gasteiger partial charge in [-0.15, -0.1) is 11.3 Å². The number of thiazole rings is 1. The predicted octanol–water partition coefficient (Wildman–Crippen LogP) is 3.68. The van der Waals surface area contributed by atoms with Crippen molar-refractivity contribution in [1.82, 2.24) is 9.99 Å². The van der Waals surface area contributed by atoms with Crippen LogP contribution in [-0.2, 0) is 11.3 Å². The van der Waals surface area contributed by atoms with Gasteiger partial charge in [-0.25, -0.2) is 10.0 Å². The fraction of sp³-hybridized carbons (Fsp3) is 0.138. The maximum absolute atomic E-state index is 13.9. The Bertz CT molecular complexity index is 1800. The van der Waals surface area contributed by atoms with Crippen molar-refractivity contribution in [2.24, 2.45) is 4.99 Å². The Morgan fingerprint density at radius 1 is 0.974 bits per heavy atom. The molecule has 2 aliphatic rings. The summed E-state index contributed by atoms with van der Waals surface area (Å²) >= 11 is 2.86. The van der Waals surface area contributed by atoms with Crippen LogP contribution in [0.1, 0.15) is 6.92 Å². The topological polar surface area (TPSA) is 79.2 Å². The first-order valence-electron chi connectivity index (χ1n) is 12.4. The summed E-state index contributed by atoms with van der Waals surface area (Å²) in [5, 5.41) is 2.30. The monoisotopic (exact) mass is 555 g/mol. The Kier molecular flexibility index (Phi) is 6.49. The van der Waals surface area contributed by atoms with Crippen LogP contribution in [0.5, 0.6) is 5.75 Å². The number of rotatable bonds is 4. The lowest BCUT2D eigenvalue weighted by molar-refractivity contribution is -0.113. The molecule has 1 aromatic heterocycles. The predicted molar refractivity (Wildman–Crippen MR) is 158 cm³/mol. The van der Waals surface area contributed by atoms with Gasteiger partial charge < -0.3 is 9.64 Å². The third-order valence-corrected chi connectivity index (χ3v) is 9.08. The first-order chi connectivity index (χ1) is 19.0. The van der Waals surface area contributed by atoms with Crippen molar-refractivity contribution >= 4 is 62.5 Å². The second-order valence-corrected chi connectivity index (χ2v) is 10.9. The molecule has 8 nitrogen and oxygen atoms in total. The number of amidine groups is 1. The minimum absolute atomic E-state index is 0.135. The zero-order valence-corrected chi connectivity index (χ0v) is 23.2. The van der Waals surface area contributed by atoms with E-state index in [2.05, 4.69) is 5.43 Å². The number of anilines is 2. The first-order valence-corrected chi connectivity index (χ1v) is 14.0. The molecule has 2 aliphatic heterocycles. The van der Waals surface area contributed by atoms with Crippen LogP contribution in [0.4, 0.5) is 17.1 Å². The standard InChI is InChI=1S/C29H25N5O3S2/c1-4-33-27(36)24(29-32(2)21-17-20(37-3)15-16-22(21)38-29)39-28(33)23-25(30-18-11-7-5-8-12-18)31-34(26(23)35)19-13-9-6-10-14-19/h5-17H,4H2,1-3H3,(H,30,31). The minimum Gasteiger partial charge on any atom is -0.497 e. The van der Waals surface area contributed by atoms with Gasteiger partial charge in [-0.05, 0) is 43.3 Å². The second-order valence-electron chi connectivity index (χ2n) is 8.84. The number of amides is 1. The Balaban J connectivity index is 1.59. The van der Waals surface area contributed by atoms with Crippen molar-refractivity contribution in [3.05, 3.63) is 98.4 Å². The molecule has 0 saturated carbocycles. The molecule has 196 valence electrons. The number of ether oxygens (including phenoxy) is 1. The lowest BCUT2D eigenvalue weighted by Gasteiger charge is -2.14. The highest BCUT2D eigenvalue weighted by Crippen LogP contribution is 2.46. The summed E-state index contributed by atoms with van der Waals surface area (Å²) in [5.41, 5.74) is 5.78. The summed E-state index contributed by atoms with van der Waals surface area (Å²) in [6.07, 6.45) is 0. The number of fused-ring (bicyclic) bond motifs is 1. The van der Waals surface area contributed by atoms with Crippen molar-refractivity contribution in [2.45, 2.75) is 18.4 Å². The second kappa shape index (κ2) is 10.1. The van der Waals surface area contributed by atoms with Crippen molar-refractivity contribution in [3.8, 4) is 5.75 Å². The molecule has 3 aromatic carbocycles. The van der Waals surface area contributed by atoms with Crippen molar-refractivity contribution < 1.29 is 9.53 Å². The van der Waals surface area contributed by atoms with E-state index < -0.39 is 0 Å². The van der Waals surface area contributed by atoms with Gasteiger partial charge in [0.25, 0.3) is 11.5 Å². The maximum Gasteiger partial charge on any atom is 0.283 e. The van der Waals surface area contributed by atoms with E-state index in [9.17, 15) is 9.59 Å². The number of thioether (sulfide) groups is 1. The third-order valence-electron chi connectivity index (χ3n) is 6.53. The number of carbonyl (C=O) groups excluding carboxylic acids is 1. The van der Waals surface area contributed by atoms with E-state index in [-0.39, 0.29) is 11.5 Å². The number of benzene rings is 3. The van der Waals surface area contributed by atoms with E-state index in [4.69, 9.17) is 9.73 Å². The van der Waals surface area contributed by atoms with Crippen LogP contribution in [0.15, 0.2) is 93.5 Å². The number of nitrogens with zero attached hydrogens (tertiary/aromatic N) is 4. The van der Waals surface area contributed by atoms with Crippen LogP contribution >= 0.6 is 23.1 Å². The number of methoxy groups -OCH3 is 1. The fourth-order valence-electron chi connectivity index (χ4n) is 4.56. The molecular weight excluding hydrogens is 530 g/mol. The Morgan fingerprint density at radius 2 is 1.69 bits per heavy atom. The van der Waals surface area contributed by atoms with Gasteiger partial charge in [0, 0.05) is 24.6 Å². The first kappa shape index (κ1) is 25.0. The number of hydrogen-bond acceptors (Lipinski definition) is 7. The van der Waals surface area contributed by atoms with E-state index in [0.29, 0.717) is 38.5 Å². The normalized spacial score (nSPS) is 18.5. The largest absolute Gasteiger partial charge is 0.497 e. The highest BCUT2D eigenvalue weighted by molar-refractivity contribution is 8.08. The SMILES string of the molecule is CCn1c(=C2C(=O)N(c3ccccc3)NC2=Nc2ccccc2)sc(=C2Sc3ccc(OC)cc3N2C)c1=O. The molecule has 0 atom stereocenters. The summed E-state index contributed by atoms with van der Waals surface area (Å²) in [5.74, 6) is 0.882. The number of carbonyl (C=O) groups is 1. The molecule has 1 fully saturated rings. The average Bonchev–Trinajstić information content (AvgIpc) is 3.59. The van der Waals surface area contributed by atoms with Gasteiger partial charge >= 0.3 is 0 Å². The number of nitrogens with one attached hydrogen (secondary N) is 1. The van der Waals surface area contributed by atoms with Crippen LogP contribution < -0.4 is 34.8 Å². The zero-order valence-electron chi connectivity index (χ0n) is 21.5. The number of aromatic nitrogens is 1. The van der Waals surface area contributed by atoms with Gasteiger partial charge in [-0.2, -0.15) is 0 Å². The van der Waals surface area contributed by atoms with Gasteiger partial charge in [0.15, 0.2) is 5.84 Å². The molecule has 39 heavy (non-hydrogen) atoms. The van der Waals surface area contributed by atoms with Crippen molar-refractivity contribution in [1.29, 1.82) is 0 Å². The summed E-state index contributed by atoms with van der Waals surface area (Å²) in [7, 11) is 3.58. The molecule has 6 rings (SSSR count). The molecule has 1 saturated heterocycles. The third kappa shape index (κ3) is 4.31. The number of hydrazine groups is 1. The lowest BCUT2D eigenvalue weighted by Crippen LogP contribution is -2.35. The quantitative estimate of drug-likeness (QED) is 0.414. The van der Waals surface area contributed by atoms with Crippen LogP contribution in [0, 0.1) is 0 Å². The van der Waals surface area contributed by atoms with Gasteiger partial charge in [0.1, 0.15) is 25.5 Å². The number of hydrogen-bond donors (Lipinski definition) is 1. The van der Waals surface area contributed by atoms with E-state index in [1.54, 1.807) is 23.4 Å². The molecule has 3 heterocycles. The average molecular weight is 556 g/mol. The van der Waals surface area contributed by atoms with E-state index in [1.165, 1.54) is 16.3 Å². The molecule has 4 aromatic rings. The van der Waals surface area contributed by atoms with Crippen molar-refractivity contribution in [3.63, 3.8) is 0 Å². The van der Waals surface area contributed by atoms with Gasteiger partial charge in [-0.3, -0.25) is 19.6 Å². The molecule has 0 bridgehead atoms. The lowest BCUT2D eigenvalue weighted by atomic mass is 10.2. The Morgan fingerprint density at radius 3 is 2.38 bits per heavy atom. The smallest absolute Gasteiger partial charge is 0.283 e. The van der Waals surface area contributed by atoms with Crippen LogP contribution in [-0.4, -0.2) is 30.5 Å². The molecule has 1 N–H and O–H groups in total. The van der Waals surface area contributed by atoms with Crippen LogP contribution in [0.2, 0.25) is 0 Å². The summed E-state index contributed by atoms with van der Waals surface area (Å²) in [6.45, 7) is 2.32. The number of para-hydroxylation sites is 2. The summed E-state index contributed by atoms with van der Waals surface area (Å²) in [6, 6.07) is 24.7. The summed E-state index contributed by atoms with van der Waals surface area (Å²) < 4.78 is 8.21. The number of aliphatic imine (C=N–C) groups is 1. The van der Waals surface area contributed by atoms with Crippen LogP contribution in [0.3, 0.4) is 0 Å². The van der Waals surface area contributed by atoms with Crippen LogP contribution in [0.25, 0.3) is 10.6 Å². The highest BCUT2D eigenvalue weighted by atomic mass is 32.2. The molecule has 1 amide bonds. The van der Waals surface area contributed by atoms with E-state index in [0.717, 1.165) is 21.4 Å². The Hall–Kier alpha value is -4.28. The van der Waals surface area contributed by atoms with E-state index in [1.807, 2.05) is 97.7 Å². The van der Waals surface area contributed by atoms with Gasteiger partial charge in [0.05, 0.1) is 24.2 Å². The summed E-state index contributed by atoms with van der Waals surface area (Å²) in [4.78, 5) is 35.6. The van der Waals surface area contributed by atoms with Gasteiger partial charge in [-0.1, -0.05) is 48.2 Å². The molecule has 0 unspecified atom stereocenters. The molecule has 10 heteroatoms. The minimum atomic E-state index is -0.267. The molecule has 0 spiro atoms. The molecule has 0 aliphatic carbocycles. The molecular formula is C29H25N5O3S2. The zero-order chi connectivity index (χ0) is 27.1.